The van der Waals surface area contributed by atoms with Crippen molar-refractivity contribution >= 4 is 0 Å². The second-order valence-electron chi connectivity index (χ2n) is 2.21. The highest BCUT2D eigenvalue weighted by atomic mass is 16.4. The second-order valence-corrected chi connectivity index (χ2v) is 2.21. The molecule has 3 N–H and O–H groups in total. The Bertz CT molecular complexity index is 194. The van der Waals surface area contributed by atoms with Gasteiger partial charge < -0.3 is 19.7 Å². The van der Waals surface area contributed by atoms with Crippen molar-refractivity contribution in [3.8, 4) is 0 Å². The van der Waals surface area contributed by atoms with E-state index >= 15 is 0 Å². The lowest BCUT2D eigenvalue weighted by molar-refractivity contribution is -0.0251. The number of hydrogen-bond donors (Lipinski definition) is 3. The molecule has 0 fully saturated rings. The lowest BCUT2D eigenvalue weighted by atomic mass is 10.2. The Morgan fingerprint density at radius 1 is 1.45 bits per heavy atom. The summed E-state index contributed by atoms with van der Waals surface area (Å²) in [7, 11) is 0. The average Bonchev–Trinajstić information content (AvgIpc) is 2.53. The van der Waals surface area contributed by atoms with Crippen molar-refractivity contribution < 1.29 is 19.7 Å². The zero-order valence-electron chi connectivity index (χ0n) is 5.84. The van der Waals surface area contributed by atoms with Gasteiger partial charge in [0.25, 0.3) is 0 Å². The quantitative estimate of drug-likeness (QED) is 0.563. The largest absolute Gasteiger partial charge is 0.466 e. The van der Waals surface area contributed by atoms with Crippen LogP contribution in [0.3, 0.4) is 0 Å². The normalized spacial score (nSPS) is 16.3. The molecule has 0 aliphatic rings. The van der Waals surface area contributed by atoms with E-state index in [4.69, 9.17) is 14.6 Å². The summed E-state index contributed by atoms with van der Waals surface area (Å²) >= 11 is 0. The number of aliphatic hydroxyl groups is 3. The summed E-state index contributed by atoms with van der Waals surface area (Å²) in [4.78, 5) is 0. The topological polar surface area (TPSA) is 73.8 Å². The van der Waals surface area contributed by atoms with E-state index < -0.39 is 18.8 Å². The summed E-state index contributed by atoms with van der Waals surface area (Å²) in [6.07, 6.45) is -0.931. The third kappa shape index (κ3) is 1.80. The minimum absolute atomic E-state index is 0.256. The Balaban J connectivity index is 2.62. The fourth-order valence-electron chi connectivity index (χ4n) is 0.749. The monoisotopic (exact) mass is 158 g/mol. The minimum Gasteiger partial charge on any atom is -0.466 e. The zero-order valence-corrected chi connectivity index (χ0v) is 5.84. The highest BCUT2D eigenvalue weighted by Gasteiger charge is 2.19. The number of furan rings is 1. The maximum absolute atomic E-state index is 9.17. The molecule has 0 radical (unpaired) electrons. The van der Waals surface area contributed by atoms with Crippen LogP contribution in [0.5, 0.6) is 0 Å². The van der Waals surface area contributed by atoms with Gasteiger partial charge in [0.05, 0.1) is 12.9 Å². The zero-order chi connectivity index (χ0) is 8.27. The van der Waals surface area contributed by atoms with Gasteiger partial charge in [0.2, 0.25) is 0 Å². The Morgan fingerprint density at radius 2 is 2.18 bits per heavy atom. The predicted octanol–water partition coefficient (Wildman–Crippen LogP) is -0.334. The number of hydrogen-bond acceptors (Lipinski definition) is 4. The van der Waals surface area contributed by atoms with E-state index in [1.807, 2.05) is 0 Å². The van der Waals surface area contributed by atoms with E-state index in [1.165, 1.54) is 12.3 Å². The molecule has 2 unspecified atom stereocenters. The molecule has 11 heavy (non-hydrogen) atoms. The van der Waals surface area contributed by atoms with Crippen molar-refractivity contribution in [2.45, 2.75) is 12.2 Å². The lowest BCUT2D eigenvalue weighted by Gasteiger charge is -2.11. The van der Waals surface area contributed by atoms with E-state index in [-0.39, 0.29) is 5.76 Å². The third-order valence-corrected chi connectivity index (χ3v) is 1.39. The Morgan fingerprint density at radius 3 is 2.64 bits per heavy atom. The highest BCUT2D eigenvalue weighted by molar-refractivity contribution is 5.03. The van der Waals surface area contributed by atoms with E-state index in [0.29, 0.717) is 0 Å². The van der Waals surface area contributed by atoms with Gasteiger partial charge in [-0.1, -0.05) is 0 Å². The Hall–Kier alpha value is -0.840. The summed E-state index contributed by atoms with van der Waals surface area (Å²) in [5.41, 5.74) is 0. The smallest absolute Gasteiger partial charge is 0.140 e. The van der Waals surface area contributed by atoms with E-state index in [0.717, 1.165) is 0 Å². The maximum Gasteiger partial charge on any atom is 0.140 e. The van der Waals surface area contributed by atoms with Crippen LogP contribution in [0.2, 0.25) is 0 Å². The molecule has 0 saturated carbocycles. The van der Waals surface area contributed by atoms with Crippen molar-refractivity contribution in [1.29, 1.82) is 0 Å². The van der Waals surface area contributed by atoms with Crippen LogP contribution in [0.25, 0.3) is 0 Å². The molecule has 0 aliphatic carbocycles. The Labute approximate surface area is 63.7 Å². The molecule has 0 aromatic carbocycles. The van der Waals surface area contributed by atoms with Gasteiger partial charge >= 0.3 is 0 Å². The first-order chi connectivity index (χ1) is 5.25. The van der Waals surface area contributed by atoms with Crippen molar-refractivity contribution in [2.75, 3.05) is 6.61 Å². The van der Waals surface area contributed by atoms with Gasteiger partial charge in [0.15, 0.2) is 0 Å². The molecule has 0 spiro atoms. The van der Waals surface area contributed by atoms with Gasteiger partial charge in [-0.25, -0.2) is 0 Å². The average molecular weight is 158 g/mol. The molecular formula is C7H10O4. The van der Waals surface area contributed by atoms with Gasteiger partial charge in [0.1, 0.15) is 18.0 Å². The molecule has 0 aliphatic heterocycles. The van der Waals surface area contributed by atoms with Crippen LogP contribution in [0.15, 0.2) is 22.8 Å². The number of aliphatic hydroxyl groups excluding tert-OH is 3. The minimum atomic E-state index is -1.18. The summed E-state index contributed by atoms with van der Waals surface area (Å²) in [6, 6.07) is 3.13. The van der Waals surface area contributed by atoms with Crippen molar-refractivity contribution in [3.05, 3.63) is 24.2 Å². The van der Waals surface area contributed by atoms with Crippen LogP contribution >= 0.6 is 0 Å². The molecule has 2 atom stereocenters. The lowest BCUT2D eigenvalue weighted by Crippen LogP contribution is -2.21. The SMILES string of the molecule is OCC(O)C(O)c1ccco1. The van der Waals surface area contributed by atoms with Crippen LogP contribution < -0.4 is 0 Å². The Kier molecular flexibility index (Phi) is 2.64. The molecule has 0 saturated heterocycles. The third-order valence-electron chi connectivity index (χ3n) is 1.39. The molecule has 1 heterocycles. The van der Waals surface area contributed by atoms with Gasteiger partial charge in [-0.05, 0) is 12.1 Å². The maximum atomic E-state index is 9.17. The van der Waals surface area contributed by atoms with Gasteiger partial charge in [-0.15, -0.1) is 0 Å². The molecule has 4 heteroatoms. The van der Waals surface area contributed by atoms with Crippen LogP contribution in [0, 0.1) is 0 Å². The first kappa shape index (κ1) is 8.26. The molecular weight excluding hydrogens is 148 g/mol. The molecule has 1 rings (SSSR count). The van der Waals surface area contributed by atoms with Crippen LogP contribution in [0.1, 0.15) is 11.9 Å². The van der Waals surface area contributed by atoms with E-state index in [9.17, 15) is 5.11 Å². The van der Waals surface area contributed by atoms with E-state index in [2.05, 4.69) is 0 Å². The summed E-state index contributed by atoms with van der Waals surface area (Å²) in [6.45, 7) is -0.484. The van der Waals surface area contributed by atoms with Crippen molar-refractivity contribution in [3.63, 3.8) is 0 Å². The standard InChI is InChI=1S/C7H10O4/c8-4-5(9)7(10)6-2-1-3-11-6/h1-3,5,7-10H,4H2. The van der Waals surface area contributed by atoms with E-state index in [1.54, 1.807) is 6.07 Å². The molecule has 1 aromatic heterocycles. The van der Waals surface area contributed by atoms with Gasteiger partial charge in [0, 0.05) is 0 Å². The van der Waals surface area contributed by atoms with Crippen molar-refractivity contribution in [2.24, 2.45) is 0 Å². The van der Waals surface area contributed by atoms with Crippen molar-refractivity contribution in [1.82, 2.24) is 0 Å². The summed E-state index contributed by atoms with van der Waals surface area (Å²) in [5, 5.41) is 26.6. The molecule has 62 valence electrons. The fraction of sp³-hybridized carbons (Fsp3) is 0.429. The molecule has 1 aromatic rings. The molecule has 4 nitrogen and oxygen atoms in total. The van der Waals surface area contributed by atoms with Crippen LogP contribution in [-0.2, 0) is 0 Å². The molecule has 0 bridgehead atoms. The fourth-order valence-corrected chi connectivity index (χ4v) is 0.749. The second kappa shape index (κ2) is 3.52. The first-order valence-electron chi connectivity index (χ1n) is 3.26. The van der Waals surface area contributed by atoms with Crippen LogP contribution in [-0.4, -0.2) is 28.0 Å². The first-order valence-corrected chi connectivity index (χ1v) is 3.26. The van der Waals surface area contributed by atoms with Crippen LogP contribution in [0.4, 0.5) is 0 Å². The number of rotatable bonds is 3. The summed E-state index contributed by atoms with van der Waals surface area (Å²) < 4.78 is 4.80. The molecule has 0 amide bonds. The predicted molar refractivity (Wildman–Crippen MR) is 36.8 cm³/mol. The summed E-state index contributed by atoms with van der Waals surface area (Å²) in [5.74, 6) is 0.256. The van der Waals surface area contributed by atoms with Gasteiger partial charge in [-0.2, -0.15) is 0 Å². The highest BCUT2D eigenvalue weighted by Crippen LogP contribution is 2.16. The van der Waals surface area contributed by atoms with Gasteiger partial charge in [-0.3, -0.25) is 0 Å².